The van der Waals surface area contributed by atoms with Gasteiger partial charge in [-0.3, -0.25) is 4.79 Å². The molecule has 0 atom stereocenters. The molecule has 0 radical (unpaired) electrons. The Hall–Kier alpha value is -1.94. The second-order valence-corrected chi connectivity index (χ2v) is 9.65. The van der Waals surface area contributed by atoms with Crippen LogP contribution in [0.1, 0.15) is 16.7 Å². The van der Waals surface area contributed by atoms with Crippen LogP contribution in [0.2, 0.25) is 5.02 Å². The van der Waals surface area contributed by atoms with E-state index < -0.39 is 5.82 Å². The Bertz CT molecular complexity index is 991. The summed E-state index contributed by atoms with van der Waals surface area (Å²) < 4.78 is 15.2. The summed E-state index contributed by atoms with van der Waals surface area (Å²) in [6, 6.07) is 12.7. The van der Waals surface area contributed by atoms with E-state index in [1.54, 1.807) is 17.8 Å². The lowest BCUT2D eigenvalue weighted by molar-refractivity contribution is -0.118. The number of halogens is 2. The molecule has 10 heteroatoms. The van der Waals surface area contributed by atoms with Gasteiger partial charge in [0.2, 0.25) is 0 Å². The van der Waals surface area contributed by atoms with Gasteiger partial charge in [0, 0.05) is 11.3 Å². The van der Waals surface area contributed by atoms with Crippen molar-refractivity contribution in [1.29, 1.82) is 0 Å². The minimum Gasteiger partial charge on any atom is -0.272 e. The fourth-order valence-electron chi connectivity index (χ4n) is 2.11. The minimum absolute atomic E-state index is 0.125. The average Bonchev–Trinajstić information content (AvgIpc) is 3.16. The molecule has 1 heterocycles. The maximum atomic E-state index is 13.6. The van der Waals surface area contributed by atoms with Crippen molar-refractivity contribution in [2.75, 3.05) is 5.75 Å². The van der Waals surface area contributed by atoms with Crippen molar-refractivity contribution in [1.82, 2.24) is 15.6 Å². The van der Waals surface area contributed by atoms with Crippen LogP contribution in [-0.4, -0.2) is 28.1 Å². The third-order valence-corrected chi connectivity index (χ3v) is 7.17. The van der Waals surface area contributed by atoms with Gasteiger partial charge in [-0.25, -0.2) is 9.82 Å². The largest absolute Gasteiger partial charge is 0.272 e. The Labute approximate surface area is 185 Å². The normalized spacial score (nSPS) is 11.1. The Morgan fingerprint density at radius 3 is 2.66 bits per heavy atom. The van der Waals surface area contributed by atoms with Gasteiger partial charge in [0.05, 0.1) is 17.0 Å². The summed E-state index contributed by atoms with van der Waals surface area (Å²) in [7, 11) is 0. The lowest BCUT2D eigenvalue weighted by atomic mass is 10.2. The molecule has 0 aliphatic heterocycles. The SMILES string of the molecule is Cc1ccc(CSc2nnc(SCC(=O)NN=Cc3c(F)cccc3Cl)s2)cc1. The lowest BCUT2D eigenvalue weighted by Crippen LogP contribution is -2.19. The maximum absolute atomic E-state index is 13.6. The molecule has 0 spiro atoms. The predicted octanol–water partition coefficient (Wildman–Crippen LogP) is 5.17. The summed E-state index contributed by atoms with van der Waals surface area (Å²) in [5, 5.41) is 12.2. The number of nitrogens with one attached hydrogen (secondary N) is 1. The van der Waals surface area contributed by atoms with Gasteiger partial charge in [0.1, 0.15) is 5.82 Å². The number of aromatic nitrogens is 2. The summed E-state index contributed by atoms with van der Waals surface area (Å²) in [5.74, 6) is 0.102. The molecule has 0 fully saturated rings. The number of hydrogen-bond donors (Lipinski definition) is 1. The number of carbonyl (C=O) groups excluding carboxylic acids is 1. The number of aryl methyl sites for hydroxylation is 1. The van der Waals surface area contributed by atoms with Crippen LogP contribution in [0, 0.1) is 12.7 Å². The molecule has 3 aromatic rings. The van der Waals surface area contributed by atoms with Gasteiger partial charge in [-0.15, -0.1) is 10.2 Å². The molecule has 0 saturated heterocycles. The zero-order valence-corrected chi connectivity index (χ0v) is 18.5. The van der Waals surface area contributed by atoms with Gasteiger partial charge in [-0.1, -0.05) is 82.4 Å². The van der Waals surface area contributed by atoms with Crippen molar-refractivity contribution in [2.24, 2.45) is 5.10 Å². The van der Waals surface area contributed by atoms with Crippen molar-refractivity contribution < 1.29 is 9.18 Å². The molecule has 0 aliphatic rings. The fourth-order valence-corrected chi connectivity index (χ4v) is 5.09. The number of benzene rings is 2. The number of carbonyl (C=O) groups is 1. The first-order valence-electron chi connectivity index (χ1n) is 8.42. The summed E-state index contributed by atoms with van der Waals surface area (Å²) >= 11 is 10.2. The smallest absolute Gasteiger partial charge is 0.250 e. The quantitative estimate of drug-likeness (QED) is 0.281. The zero-order chi connectivity index (χ0) is 20.6. The second-order valence-electron chi connectivity index (χ2n) is 5.83. The van der Waals surface area contributed by atoms with Gasteiger partial charge < -0.3 is 0 Å². The molecule has 0 unspecified atom stereocenters. The van der Waals surface area contributed by atoms with Gasteiger partial charge in [-0.05, 0) is 24.6 Å². The minimum atomic E-state index is -0.505. The van der Waals surface area contributed by atoms with E-state index >= 15 is 0 Å². The molecular formula is C19H16ClFN4OS3. The topological polar surface area (TPSA) is 67.2 Å². The first kappa shape index (κ1) is 21.8. The monoisotopic (exact) mass is 466 g/mol. The van der Waals surface area contributed by atoms with Crippen LogP contribution < -0.4 is 5.43 Å². The molecule has 5 nitrogen and oxygen atoms in total. The predicted molar refractivity (Wildman–Crippen MR) is 119 cm³/mol. The second kappa shape index (κ2) is 10.7. The molecule has 0 saturated carbocycles. The highest BCUT2D eigenvalue weighted by atomic mass is 35.5. The number of hydrogen-bond acceptors (Lipinski definition) is 7. The molecule has 29 heavy (non-hydrogen) atoms. The number of amides is 1. The highest BCUT2D eigenvalue weighted by Gasteiger charge is 2.09. The van der Waals surface area contributed by atoms with Crippen LogP contribution in [0.25, 0.3) is 0 Å². The van der Waals surface area contributed by atoms with Crippen molar-refractivity contribution in [3.05, 3.63) is 70.0 Å². The van der Waals surface area contributed by atoms with E-state index in [-0.39, 0.29) is 22.2 Å². The maximum Gasteiger partial charge on any atom is 0.250 e. The van der Waals surface area contributed by atoms with E-state index in [4.69, 9.17) is 11.6 Å². The molecular weight excluding hydrogens is 451 g/mol. The summed E-state index contributed by atoms with van der Waals surface area (Å²) in [6.45, 7) is 2.06. The van der Waals surface area contributed by atoms with Gasteiger partial charge in [-0.2, -0.15) is 5.10 Å². The van der Waals surface area contributed by atoms with Crippen LogP contribution in [0.4, 0.5) is 4.39 Å². The first-order chi connectivity index (χ1) is 14.0. The molecule has 1 amide bonds. The third kappa shape index (κ3) is 6.81. The molecule has 3 rings (SSSR count). The summed E-state index contributed by atoms with van der Waals surface area (Å²) in [4.78, 5) is 11.9. The fraction of sp³-hybridized carbons (Fsp3) is 0.158. The molecule has 150 valence electrons. The number of thioether (sulfide) groups is 2. The standard InChI is InChI=1S/C19H16ClFN4OS3/c1-12-5-7-13(8-6-12)10-27-18-24-25-19(29-18)28-11-17(26)23-22-9-14-15(20)3-2-4-16(14)21/h2-9H,10-11H2,1H3,(H,23,26). The summed E-state index contributed by atoms with van der Waals surface area (Å²) in [6.07, 6.45) is 1.19. The van der Waals surface area contributed by atoms with E-state index in [1.807, 2.05) is 0 Å². The zero-order valence-electron chi connectivity index (χ0n) is 15.3. The number of nitrogens with zero attached hydrogens (tertiary/aromatic N) is 3. The van der Waals surface area contributed by atoms with E-state index in [9.17, 15) is 9.18 Å². The highest BCUT2D eigenvalue weighted by molar-refractivity contribution is 8.03. The van der Waals surface area contributed by atoms with Crippen LogP contribution in [0.15, 0.2) is 56.2 Å². The van der Waals surface area contributed by atoms with Crippen LogP contribution in [0.3, 0.4) is 0 Å². The van der Waals surface area contributed by atoms with E-state index in [0.29, 0.717) is 4.34 Å². The highest BCUT2D eigenvalue weighted by Crippen LogP contribution is 2.30. The number of hydrazone groups is 1. The molecule has 0 aliphatic carbocycles. The average molecular weight is 467 g/mol. The third-order valence-electron chi connectivity index (χ3n) is 3.58. The Morgan fingerprint density at radius 2 is 1.93 bits per heavy atom. The van der Waals surface area contributed by atoms with Crippen molar-refractivity contribution in [2.45, 2.75) is 21.4 Å². The van der Waals surface area contributed by atoms with Gasteiger partial charge in [0.25, 0.3) is 5.91 Å². The number of rotatable bonds is 8. The molecule has 0 bridgehead atoms. The first-order valence-corrected chi connectivity index (χ1v) is 11.6. The Balaban J connectivity index is 1.43. The van der Waals surface area contributed by atoms with E-state index in [1.165, 1.54) is 52.6 Å². The molecule has 1 N–H and O–H groups in total. The van der Waals surface area contributed by atoms with Crippen LogP contribution >= 0.6 is 46.5 Å². The Kier molecular flexibility index (Phi) is 8.05. The van der Waals surface area contributed by atoms with Crippen molar-refractivity contribution in [3.63, 3.8) is 0 Å². The van der Waals surface area contributed by atoms with Crippen LogP contribution in [-0.2, 0) is 10.5 Å². The van der Waals surface area contributed by atoms with Crippen molar-refractivity contribution in [3.8, 4) is 0 Å². The summed E-state index contributed by atoms with van der Waals surface area (Å²) in [5.41, 5.74) is 4.93. The van der Waals surface area contributed by atoms with Crippen LogP contribution in [0.5, 0.6) is 0 Å². The Morgan fingerprint density at radius 1 is 1.21 bits per heavy atom. The van der Waals surface area contributed by atoms with Gasteiger partial charge in [0.15, 0.2) is 8.68 Å². The van der Waals surface area contributed by atoms with Crippen molar-refractivity contribution >= 4 is 58.6 Å². The molecule has 2 aromatic carbocycles. The van der Waals surface area contributed by atoms with E-state index in [0.717, 1.165) is 10.1 Å². The molecule has 1 aromatic heterocycles. The van der Waals surface area contributed by atoms with E-state index in [2.05, 4.69) is 51.9 Å². The lowest BCUT2D eigenvalue weighted by Gasteiger charge is -2.00. The van der Waals surface area contributed by atoms with Gasteiger partial charge >= 0.3 is 0 Å².